The van der Waals surface area contributed by atoms with Crippen LogP contribution in [0.2, 0.25) is 0 Å². The third-order valence-corrected chi connectivity index (χ3v) is 5.17. The van der Waals surface area contributed by atoms with Crippen molar-refractivity contribution in [2.75, 3.05) is 38.1 Å². The van der Waals surface area contributed by atoms with Crippen molar-refractivity contribution in [3.05, 3.63) is 66.4 Å². The van der Waals surface area contributed by atoms with E-state index in [1.165, 1.54) is 0 Å². The molecule has 6 nitrogen and oxygen atoms in total. The third kappa shape index (κ3) is 3.71. The van der Waals surface area contributed by atoms with Crippen LogP contribution in [-0.4, -0.2) is 54.2 Å². The number of aromatic nitrogens is 1. The van der Waals surface area contributed by atoms with E-state index in [0.29, 0.717) is 12.3 Å². The Balaban J connectivity index is 1.40. The molecule has 2 aromatic carbocycles. The molecule has 1 fully saturated rings. The first-order valence-corrected chi connectivity index (χ1v) is 9.57. The number of benzene rings is 2. The Kier molecular flexibility index (Phi) is 5.28. The van der Waals surface area contributed by atoms with E-state index in [9.17, 15) is 5.11 Å². The van der Waals surface area contributed by atoms with E-state index >= 15 is 0 Å². The zero-order valence-corrected chi connectivity index (χ0v) is 16.0. The molecular formula is C22H25N5O. The van der Waals surface area contributed by atoms with Gasteiger partial charge in [0.2, 0.25) is 0 Å². The zero-order valence-electron chi connectivity index (χ0n) is 16.0. The fraction of sp³-hybridized carbons (Fsp3) is 0.273. The maximum absolute atomic E-state index is 10.1. The Hall–Kier alpha value is -3.28. The lowest BCUT2D eigenvalue weighted by molar-refractivity contribution is 0.369. The van der Waals surface area contributed by atoms with Crippen LogP contribution in [0.1, 0.15) is 5.56 Å². The fourth-order valence-electron chi connectivity index (χ4n) is 3.71. The fourth-order valence-corrected chi connectivity index (χ4v) is 3.71. The van der Waals surface area contributed by atoms with E-state index in [1.807, 2.05) is 37.5 Å². The van der Waals surface area contributed by atoms with Crippen LogP contribution >= 0.6 is 0 Å². The second-order valence-electron chi connectivity index (χ2n) is 6.86. The molecule has 0 saturated carbocycles. The number of pyridine rings is 1. The zero-order chi connectivity index (χ0) is 19.3. The number of nitrogens with one attached hydrogen (secondary N) is 1. The van der Waals surface area contributed by atoms with Gasteiger partial charge in [0.25, 0.3) is 0 Å². The largest absolute Gasteiger partial charge is 0.506 e. The summed E-state index contributed by atoms with van der Waals surface area (Å²) in [6.07, 6.45) is 1.83. The molecular weight excluding hydrogens is 350 g/mol. The Bertz CT molecular complexity index is 974. The second-order valence-corrected chi connectivity index (χ2v) is 6.86. The molecule has 1 aromatic heterocycles. The molecule has 4 rings (SSSR count). The smallest absolute Gasteiger partial charge is 0.194 e. The highest BCUT2D eigenvalue weighted by atomic mass is 16.3. The van der Waals surface area contributed by atoms with Crippen LogP contribution in [0.5, 0.6) is 5.75 Å². The Labute approximate surface area is 165 Å². The van der Waals surface area contributed by atoms with Crippen LogP contribution in [0, 0.1) is 0 Å². The van der Waals surface area contributed by atoms with Gasteiger partial charge in [0.05, 0.1) is 11.2 Å². The first-order valence-electron chi connectivity index (χ1n) is 9.57. The van der Waals surface area contributed by atoms with Crippen molar-refractivity contribution in [2.24, 2.45) is 4.99 Å². The van der Waals surface area contributed by atoms with Crippen molar-refractivity contribution in [1.82, 2.24) is 15.2 Å². The number of guanidine groups is 1. The number of piperazine rings is 1. The first-order chi connectivity index (χ1) is 13.8. The number of phenols is 1. The van der Waals surface area contributed by atoms with Gasteiger partial charge in [-0.05, 0) is 23.8 Å². The van der Waals surface area contributed by atoms with Crippen molar-refractivity contribution in [3.8, 4) is 5.75 Å². The monoisotopic (exact) mass is 375 g/mol. The van der Waals surface area contributed by atoms with Crippen molar-refractivity contribution in [1.29, 1.82) is 0 Å². The topological polar surface area (TPSA) is 64.0 Å². The van der Waals surface area contributed by atoms with E-state index in [2.05, 4.69) is 49.4 Å². The summed E-state index contributed by atoms with van der Waals surface area (Å²) in [5.74, 6) is 1.23. The van der Waals surface area contributed by atoms with E-state index in [1.54, 1.807) is 6.07 Å². The van der Waals surface area contributed by atoms with Gasteiger partial charge in [0.15, 0.2) is 5.96 Å². The number of aliphatic imine (C=N–C) groups is 1. The summed E-state index contributed by atoms with van der Waals surface area (Å²) >= 11 is 0. The highest BCUT2D eigenvalue weighted by Gasteiger charge is 2.21. The number of hydrogen-bond acceptors (Lipinski definition) is 4. The number of fused-ring (bicyclic) bond motifs is 1. The maximum Gasteiger partial charge on any atom is 0.194 e. The van der Waals surface area contributed by atoms with Crippen LogP contribution in [0.25, 0.3) is 10.9 Å². The van der Waals surface area contributed by atoms with Crippen LogP contribution in [-0.2, 0) is 6.54 Å². The average molecular weight is 375 g/mol. The van der Waals surface area contributed by atoms with E-state index in [0.717, 1.165) is 54.3 Å². The molecule has 2 heterocycles. The molecule has 144 valence electrons. The van der Waals surface area contributed by atoms with Crippen LogP contribution in [0.3, 0.4) is 0 Å². The number of phenolic OH excluding ortho intramolecular Hbond substituents is 1. The Morgan fingerprint density at radius 3 is 2.61 bits per heavy atom. The van der Waals surface area contributed by atoms with Crippen molar-refractivity contribution in [3.63, 3.8) is 0 Å². The minimum atomic E-state index is 0.335. The molecule has 3 aromatic rings. The van der Waals surface area contributed by atoms with Gasteiger partial charge < -0.3 is 20.2 Å². The first kappa shape index (κ1) is 18.1. The highest BCUT2D eigenvalue weighted by molar-refractivity contribution is 5.83. The van der Waals surface area contributed by atoms with Gasteiger partial charge in [0, 0.05) is 51.4 Å². The standard InChI is InChI=1S/C22H25N5O/c1-23-22(25-16-18-7-4-6-17-8-5-11-24-21(17)18)27-14-12-26(13-15-27)19-9-2-3-10-20(19)28/h2-11,28H,12-16H2,1H3,(H,23,25). The van der Waals surface area contributed by atoms with E-state index in [4.69, 9.17) is 0 Å². The number of para-hydroxylation sites is 3. The summed E-state index contributed by atoms with van der Waals surface area (Å²) in [6.45, 7) is 4.06. The lowest BCUT2D eigenvalue weighted by Gasteiger charge is -2.37. The molecule has 0 radical (unpaired) electrons. The predicted octanol–water partition coefficient (Wildman–Crippen LogP) is 2.84. The minimum absolute atomic E-state index is 0.335. The quantitative estimate of drug-likeness (QED) is 0.544. The van der Waals surface area contributed by atoms with Gasteiger partial charge in [-0.1, -0.05) is 36.4 Å². The Morgan fingerprint density at radius 2 is 1.82 bits per heavy atom. The molecule has 0 unspecified atom stereocenters. The van der Waals surface area contributed by atoms with Gasteiger partial charge in [-0.3, -0.25) is 9.98 Å². The van der Waals surface area contributed by atoms with Crippen molar-refractivity contribution < 1.29 is 5.11 Å². The predicted molar refractivity (Wildman–Crippen MR) is 114 cm³/mol. The summed E-state index contributed by atoms with van der Waals surface area (Å²) in [4.78, 5) is 13.5. The molecule has 0 atom stereocenters. The molecule has 6 heteroatoms. The van der Waals surface area contributed by atoms with Crippen LogP contribution in [0.15, 0.2) is 65.8 Å². The summed E-state index contributed by atoms with van der Waals surface area (Å²) in [6, 6.07) is 17.8. The SMILES string of the molecule is CN=C(NCc1cccc2cccnc12)N1CCN(c2ccccc2O)CC1. The molecule has 28 heavy (non-hydrogen) atoms. The van der Waals surface area contributed by atoms with Gasteiger partial charge >= 0.3 is 0 Å². The minimum Gasteiger partial charge on any atom is -0.506 e. The molecule has 0 spiro atoms. The molecule has 0 amide bonds. The molecule has 1 saturated heterocycles. The van der Waals surface area contributed by atoms with E-state index < -0.39 is 0 Å². The number of nitrogens with zero attached hydrogens (tertiary/aromatic N) is 4. The van der Waals surface area contributed by atoms with Gasteiger partial charge in [-0.2, -0.15) is 0 Å². The summed E-state index contributed by atoms with van der Waals surface area (Å²) in [5.41, 5.74) is 3.08. The van der Waals surface area contributed by atoms with Crippen LogP contribution in [0.4, 0.5) is 5.69 Å². The molecule has 1 aliphatic rings. The molecule has 0 aliphatic carbocycles. The normalized spacial score (nSPS) is 15.1. The number of aromatic hydroxyl groups is 1. The summed E-state index contributed by atoms with van der Waals surface area (Å²) in [7, 11) is 1.82. The molecule has 1 aliphatic heterocycles. The highest BCUT2D eigenvalue weighted by Crippen LogP contribution is 2.27. The third-order valence-electron chi connectivity index (χ3n) is 5.17. The number of anilines is 1. The second kappa shape index (κ2) is 8.17. The van der Waals surface area contributed by atoms with Gasteiger partial charge in [-0.25, -0.2) is 0 Å². The van der Waals surface area contributed by atoms with Crippen molar-refractivity contribution >= 4 is 22.5 Å². The number of rotatable bonds is 3. The van der Waals surface area contributed by atoms with Gasteiger partial charge in [-0.15, -0.1) is 0 Å². The summed E-state index contributed by atoms with van der Waals surface area (Å²) < 4.78 is 0. The molecule has 2 N–H and O–H groups in total. The lowest BCUT2D eigenvalue weighted by Crippen LogP contribution is -2.52. The maximum atomic E-state index is 10.1. The van der Waals surface area contributed by atoms with Crippen molar-refractivity contribution in [2.45, 2.75) is 6.54 Å². The Morgan fingerprint density at radius 1 is 1.04 bits per heavy atom. The molecule has 0 bridgehead atoms. The number of hydrogen-bond donors (Lipinski definition) is 2. The van der Waals surface area contributed by atoms with Gasteiger partial charge in [0.1, 0.15) is 5.75 Å². The lowest BCUT2D eigenvalue weighted by atomic mass is 10.1. The van der Waals surface area contributed by atoms with E-state index in [-0.39, 0.29) is 0 Å². The van der Waals surface area contributed by atoms with Crippen LogP contribution < -0.4 is 10.2 Å². The average Bonchev–Trinajstić information content (AvgIpc) is 2.75. The summed E-state index contributed by atoms with van der Waals surface area (Å²) in [5, 5.41) is 14.7.